The lowest BCUT2D eigenvalue weighted by Gasteiger charge is -2.68. The third-order valence-electron chi connectivity index (χ3n) is 10.2. The molecule has 1 saturated heterocycles. The normalized spacial score (nSPS) is 61.6. The number of rotatable bonds is 2. The van der Waals surface area contributed by atoms with Gasteiger partial charge in [0.15, 0.2) is 0 Å². The zero-order valence-corrected chi connectivity index (χ0v) is 15.6. The van der Waals surface area contributed by atoms with Crippen LogP contribution in [0.1, 0.15) is 51.9 Å². The molecular formula is C22H33NO2. The van der Waals surface area contributed by atoms with E-state index >= 15 is 0 Å². The number of hydrogen-bond acceptors (Lipinski definition) is 3. The van der Waals surface area contributed by atoms with E-state index < -0.39 is 0 Å². The second kappa shape index (κ2) is 4.54. The molecule has 7 rings (SSSR count). The van der Waals surface area contributed by atoms with Gasteiger partial charge in [-0.1, -0.05) is 25.5 Å². The van der Waals surface area contributed by atoms with Crippen molar-refractivity contribution in [2.45, 2.75) is 64.0 Å². The van der Waals surface area contributed by atoms with Crippen molar-refractivity contribution in [3.05, 3.63) is 12.2 Å². The molecule has 9 atom stereocenters. The Labute approximate surface area is 151 Å². The Morgan fingerprint density at radius 1 is 1.28 bits per heavy atom. The molecule has 138 valence electrons. The molecule has 3 nitrogen and oxygen atoms in total. The SMILES string of the molecule is C=C1C[C@@]23C[C@H](O)[C@H]4[C@@]5(C)CCC[C@@]46[C@@H]2C[C@@H]1C[C@H]3[C@H]6N(CCO)C5. The van der Waals surface area contributed by atoms with Crippen LogP contribution in [0.25, 0.3) is 0 Å². The van der Waals surface area contributed by atoms with E-state index in [1.54, 1.807) is 0 Å². The van der Waals surface area contributed by atoms with Gasteiger partial charge in [-0.3, -0.25) is 4.90 Å². The summed E-state index contributed by atoms with van der Waals surface area (Å²) in [4.78, 5) is 2.70. The highest BCUT2D eigenvalue weighted by Gasteiger charge is 2.81. The van der Waals surface area contributed by atoms with Gasteiger partial charge < -0.3 is 10.2 Å². The van der Waals surface area contributed by atoms with E-state index in [-0.39, 0.29) is 18.1 Å². The molecule has 2 spiro atoms. The number of piperidine rings is 1. The molecule has 1 aliphatic heterocycles. The fourth-order valence-corrected chi connectivity index (χ4v) is 10.2. The standard InChI is InChI=1S/C22H33NO2/c1-13-10-21-11-16(25)18-20(2)4-3-5-22(18)17(21)9-14(13)8-15(21)19(22)23(12-20)6-7-24/h14-19,24-25H,1,3-12H2,2H3/t14-,15-,16-,17+,18-,19+,20-,21-,22+/m0/s1. The minimum Gasteiger partial charge on any atom is -0.395 e. The molecule has 7 aliphatic rings. The van der Waals surface area contributed by atoms with Gasteiger partial charge >= 0.3 is 0 Å². The first kappa shape index (κ1) is 15.7. The number of aliphatic hydroxyl groups excluding tert-OH is 2. The second-order valence-electron chi connectivity index (χ2n) is 10.9. The number of β-amino-alcohol motifs (C(OH)–C–C–N with tert-alkyl or cyclic N) is 1. The average Bonchev–Trinajstić information content (AvgIpc) is 2.64. The lowest BCUT2D eigenvalue weighted by molar-refractivity contribution is -0.223. The van der Waals surface area contributed by atoms with Crippen molar-refractivity contribution in [3.8, 4) is 0 Å². The summed E-state index contributed by atoms with van der Waals surface area (Å²) in [5.41, 5.74) is 2.36. The van der Waals surface area contributed by atoms with E-state index in [1.165, 1.54) is 44.1 Å². The van der Waals surface area contributed by atoms with Crippen LogP contribution in [-0.4, -0.2) is 47.0 Å². The molecule has 25 heavy (non-hydrogen) atoms. The maximum Gasteiger partial charge on any atom is 0.0585 e. The van der Waals surface area contributed by atoms with Crippen LogP contribution in [0.3, 0.4) is 0 Å². The fraction of sp³-hybridized carbons (Fsp3) is 0.909. The van der Waals surface area contributed by atoms with E-state index in [0.717, 1.165) is 37.3 Å². The van der Waals surface area contributed by atoms with Gasteiger partial charge in [-0.2, -0.15) is 0 Å². The second-order valence-corrected chi connectivity index (χ2v) is 10.9. The van der Waals surface area contributed by atoms with Crippen LogP contribution in [0.4, 0.5) is 0 Å². The smallest absolute Gasteiger partial charge is 0.0585 e. The van der Waals surface area contributed by atoms with Crippen LogP contribution in [0.15, 0.2) is 12.2 Å². The molecule has 0 aromatic carbocycles. The molecule has 2 N–H and O–H groups in total. The van der Waals surface area contributed by atoms with Gasteiger partial charge in [-0.05, 0) is 78.4 Å². The molecule has 0 unspecified atom stereocenters. The summed E-state index contributed by atoms with van der Waals surface area (Å²) in [5.74, 6) is 2.75. The number of fused-ring (bicyclic) bond motifs is 1. The van der Waals surface area contributed by atoms with Crippen molar-refractivity contribution in [2.75, 3.05) is 19.7 Å². The van der Waals surface area contributed by atoms with E-state index in [4.69, 9.17) is 0 Å². The lowest BCUT2D eigenvalue weighted by Crippen LogP contribution is -2.69. The molecule has 3 heteroatoms. The third kappa shape index (κ3) is 1.51. The Morgan fingerprint density at radius 3 is 2.92 bits per heavy atom. The van der Waals surface area contributed by atoms with Gasteiger partial charge in [-0.25, -0.2) is 0 Å². The minimum absolute atomic E-state index is 0.118. The number of allylic oxidation sites excluding steroid dienone is 1. The van der Waals surface area contributed by atoms with Gasteiger partial charge in [0.05, 0.1) is 12.7 Å². The Bertz CT molecular complexity index is 648. The van der Waals surface area contributed by atoms with Crippen LogP contribution in [-0.2, 0) is 0 Å². The molecule has 7 fully saturated rings. The van der Waals surface area contributed by atoms with Crippen molar-refractivity contribution < 1.29 is 10.2 Å². The highest BCUT2D eigenvalue weighted by atomic mass is 16.3. The van der Waals surface area contributed by atoms with Crippen molar-refractivity contribution in [2.24, 2.45) is 39.9 Å². The number of likely N-dealkylation sites (tertiary alicyclic amines) is 1. The summed E-state index contributed by atoms with van der Waals surface area (Å²) >= 11 is 0. The maximum absolute atomic E-state index is 11.4. The molecule has 0 amide bonds. The van der Waals surface area contributed by atoms with Crippen molar-refractivity contribution in [1.29, 1.82) is 0 Å². The summed E-state index contributed by atoms with van der Waals surface area (Å²) in [6.07, 6.45) is 8.65. The quantitative estimate of drug-likeness (QED) is 0.758. The summed E-state index contributed by atoms with van der Waals surface area (Å²) in [5, 5.41) is 21.2. The Balaban J connectivity index is 1.59. The third-order valence-corrected chi connectivity index (χ3v) is 10.2. The first-order valence-electron chi connectivity index (χ1n) is 10.7. The first-order chi connectivity index (χ1) is 12.0. The zero-order chi connectivity index (χ0) is 17.2. The van der Waals surface area contributed by atoms with Crippen molar-refractivity contribution in [1.82, 2.24) is 4.90 Å². The fourth-order valence-electron chi connectivity index (χ4n) is 10.2. The van der Waals surface area contributed by atoms with Crippen LogP contribution < -0.4 is 0 Å². The van der Waals surface area contributed by atoms with E-state index in [2.05, 4.69) is 18.4 Å². The van der Waals surface area contributed by atoms with Crippen LogP contribution in [0.2, 0.25) is 0 Å². The zero-order valence-electron chi connectivity index (χ0n) is 15.6. The minimum atomic E-state index is -0.118. The van der Waals surface area contributed by atoms with Crippen molar-refractivity contribution in [3.63, 3.8) is 0 Å². The van der Waals surface area contributed by atoms with Crippen molar-refractivity contribution >= 4 is 0 Å². The Kier molecular flexibility index (Phi) is 2.84. The summed E-state index contributed by atoms with van der Waals surface area (Å²) in [7, 11) is 0. The topological polar surface area (TPSA) is 43.7 Å². The van der Waals surface area contributed by atoms with Gasteiger partial charge in [0.25, 0.3) is 0 Å². The molecule has 0 radical (unpaired) electrons. The number of aliphatic hydroxyl groups is 2. The Morgan fingerprint density at radius 2 is 2.12 bits per heavy atom. The predicted molar refractivity (Wildman–Crippen MR) is 96.8 cm³/mol. The molecular weight excluding hydrogens is 310 g/mol. The number of hydrogen-bond donors (Lipinski definition) is 2. The van der Waals surface area contributed by atoms with Gasteiger partial charge in [0, 0.05) is 19.1 Å². The van der Waals surface area contributed by atoms with Gasteiger partial charge in [0.2, 0.25) is 0 Å². The molecule has 0 aromatic rings. The van der Waals surface area contributed by atoms with Gasteiger partial charge in [-0.15, -0.1) is 0 Å². The molecule has 6 aliphatic carbocycles. The summed E-state index contributed by atoms with van der Waals surface area (Å²) < 4.78 is 0. The predicted octanol–water partition coefficient (Wildman–Crippen LogP) is 2.82. The summed E-state index contributed by atoms with van der Waals surface area (Å²) in [6, 6.07) is 0.610. The van der Waals surface area contributed by atoms with E-state index in [0.29, 0.717) is 22.8 Å². The van der Waals surface area contributed by atoms with Crippen LogP contribution in [0, 0.1) is 39.9 Å². The van der Waals surface area contributed by atoms with E-state index in [1.807, 2.05) is 0 Å². The molecule has 1 heterocycles. The monoisotopic (exact) mass is 343 g/mol. The number of nitrogens with zero attached hydrogens (tertiary/aromatic N) is 1. The highest BCUT2D eigenvalue weighted by Crippen LogP contribution is 2.82. The molecule has 0 aromatic heterocycles. The first-order valence-corrected chi connectivity index (χ1v) is 10.7. The molecule has 6 bridgehead atoms. The molecule has 6 saturated carbocycles. The lowest BCUT2D eigenvalue weighted by atomic mass is 9.39. The average molecular weight is 344 g/mol. The Hall–Kier alpha value is -0.380. The summed E-state index contributed by atoms with van der Waals surface area (Å²) in [6.45, 7) is 9.11. The highest BCUT2D eigenvalue weighted by molar-refractivity contribution is 5.34. The largest absolute Gasteiger partial charge is 0.395 e. The van der Waals surface area contributed by atoms with Crippen LogP contribution in [0.5, 0.6) is 0 Å². The van der Waals surface area contributed by atoms with Gasteiger partial charge in [0.1, 0.15) is 0 Å². The van der Waals surface area contributed by atoms with Crippen LogP contribution >= 0.6 is 0 Å². The maximum atomic E-state index is 11.4. The van der Waals surface area contributed by atoms with E-state index in [9.17, 15) is 10.2 Å².